The van der Waals surface area contributed by atoms with Crippen molar-refractivity contribution in [2.75, 3.05) is 7.11 Å². The van der Waals surface area contributed by atoms with Crippen molar-refractivity contribution >= 4 is 16.9 Å². The number of rotatable bonds is 4. The lowest BCUT2D eigenvalue weighted by molar-refractivity contribution is 0.0601. The Hall–Kier alpha value is -3.66. The van der Waals surface area contributed by atoms with Gasteiger partial charge in [0.2, 0.25) is 0 Å². The van der Waals surface area contributed by atoms with Gasteiger partial charge in [0.05, 0.1) is 18.2 Å². The summed E-state index contributed by atoms with van der Waals surface area (Å²) in [7, 11) is 1.37. The average molecular weight is 369 g/mol. The molecule has 0 amide bonds. The van der Waals surface area contributed by atoms with E-state index in [-0.39, 0.29) is 5.97 Å². The second-order valence-corrected chi connectivity index (χ2v) is 6.48. The van der Waals surface area contributed by atoms with Crippen molar-refractivity contribution < 1.29 is 14.3 Å². The quantitative estimate of drug-likeness (QED) is 0.427. The van der Waals surface area contributed by atoms with Crippen LogP contribution in [0.2, 0.25) is 0 Å². The van der Waals surface area contributed by atoms with E-state index in [0.717, 1.165) is 33.5 Å². The molecule has 4 rings (SSSR count). The van der Waals surface area contributed by atoms with Crippen molar-refractivity contribution in [3.63, 3.8) is 0 Å². The van der Waals surface area contributed by atoms with E-state index in [1.54, 1.807) is 18.2 Å². The smallest absolute Gasteiger partial charge is 0.337 e. The van der Waals surface area contributed by atoms with Gasteiger partial charge in [0.25, 0.3) is 0 Å². The van der Waals surface area contributed by atoms with E-state index in [1.807, 2.05) is 55.5 Å². The molecule has 0 bridgehead atoms. The molecule has 0 spiro atoms. The first-order valence-electron chi connectivity index (χ1n) is 8.97. The van der Waals surface area contributed by atoms with Gasteiger partial charge in [-0.2, -0.15) is 0 Å². The number of aryl methyl sites for hydroxylation is 1. The van der Waals surface area contributed by atoms with Gasteiger partial charge in [-0.25, -0.2) is 4.79 Å². The monoisotopic (exact) mass is 369 g/mol. The molecule has 0 aliphatic heterocycles. The van der Waals surface area contributed by atoms with Gasteiger partial charge in [0.15, 0.2) is 0 Å². The topological polar surface area (TPSA) is 48.4 Å². The lowest BCUT2D eigenvalue weighted by atomic mass is 10.1. The van der Waals surface area contributed by atoms with E-state index >= 15 is 0 Å². The number of ether oxygens (including phenoxy) is 2. The van der Waals surface area contributed by atoms with Crippen molar-refractivity contribution in [1.29, 1.82) is 0 Å². The van der Waals surface area contributed by atoms with Crippen molar-refractivity contribution in [1.82, 2.24) is 4.98 Å². The maximum Gasteiger partial charge on any atom is 0.337 e. The van der Waals surface area contributed by atoms with E-state index in [1.165, 1.54) is 7.11 Å². The van der Waals surface area contributed by atoms with Crippen LogP contribution in [0.25, 0.3) is 22.0 Å². The third kappa shape index (κ3) is 3.58. The number of esters is 1. The normalized spacial score (nSPS) is 10.6. The van der Waals surface area contributed by atoms with E-state index < -0.39 is 0 Å². The van der Waals surface area contributed by atoms with Crippen LogP contribution in [0.1, 0.15) is 16.1 Å². The molecule has 0 radical (unpaired) electrons. The minimum absolute atomic E-state index is 0.388. The summed E-state index contributed by atoms with van der Waals surface area (Å²) < 4.78 is 11.0. The van der Waals surface area contributed by atoms with E-state index in [9.17, 15) is 4.79 Å². The van der Waals surface area contributed by atoms with E-state index in [0.29, 0.717) is 11.3 Å². The summed E-state index contributed by atoms with van der Waals surface area (Å²) in [6.07, 6.45) is 0. The minimum atomic E-state index is -0.388. The summed E-state index contributed by atoms with van der Waals surface area (Å²) in [6, 6.07) is 25.3. The van der Waals surface area contributed by atoms with Gasteiger partial charge in [-0.3, -0.25) is 4.98 Å². The molecule has 138 valence electrons. The zero-order valence-corrected chi connectivity index (χ0v) is 15.7. The summed E-state index contributed by atoms with van der Waals surface area (Å²) in [5, 5.41) is 0.764. The fourth-order valence-corrected chi connectivity index (χ4v) is 3.12. The van der Waals surface area contributed by atoms with Gasteiger partial charge >= 0.3 is 5.97 Å². The number of hydrogen-bond donors (Lipinski definition) is 0. The van der Waals surface area contributed by atoms with Crippen molar-refractivity contribution in [3.8, 4) is 22.6 Å². The number of hydrogen-bond acceptors (Lipinski definition) is 4. The summed E-state index contributed by atoms with van der Waals surface area (Å²) in [4.78, 5) is 16.4. The molecular weight excluding hydrogens is 350 g/mol. The highest BCUT2D eigenvalue weighted by atomic mass is 16.5. The molecule has 0 unspecified atom stereocenters. The Balaban J connectivity index is 1.69. The van der Waals surface area contributed by atoms with Crippen LogP contribution in [0.5, 0.6) is 11.5 Å². The van der Waals surface area contributed by atoms with E-state index in [4.69, 9.17) is 9.47 Å². The average Bonchev–Trinajstić information content (AvgIpc) is 2.74. The van der Waals surface area contributed by atoms with Gasteiger partial charge < -0.3 is 9.47 Å². The number of pyridine rings is 1. The molecule has 0 atom stereocenters. The standard InChI is InChI=1S/C24H19NO3/c1-16-14-23(21-15-19(24(26)27-2)10-13-22(21)25-16)28-20-11-8-18(9-12-20)17-6-4-3-5-7-17/h3-15H,1-2H3. The van der Waals surface area contributed by atoms with Gasteiger partial charge in [-0.15, -0.1) is 0 Å². The Kier molecular flexibility index (Phi) is 4.77. The van der Waals surface area contributed by atoms with Crippen LogP contribution in [-0.4, -0.2) is 18.1 Å². The van der Waals surface area contributed by atoms with Gasteiger partial charge in [-0.1, -0.05) is 42.5 Å². The van der Waals surface area contributed by atoms with Crippen LogP contribution in [0.4, 0.5) is 0 Å². The maximum absolute atomic E-state index is 11.9. The first-order valence-corrected chi connectivity index (χ1v) is 8.97. The molecule has 0 aliphatic rings. The molecule has 1 aromatic heterocycles. The first kappa shape index (κ1) is 17.7. The summed E-state index contributed by atoms with van der Waals surface area (Å²) >= 11 is 0. The van der Waals surface area contributed by atoms with Crippen molar-refractivity contribution in [2.24, 2.45) is 0 Å². The minimum Gasteiger partial charge on any atom is -0.465 e. The highest BCUT2D eigenvalue weighted by Gasteiger charge is 2.12. The number of fused-ring (bicyclic) bond motifs is 1. The Morgan fingerprint density at radius 1 is 0.857 bits per heavy atom. The number of nitrogens with zero attached hydrogens (tertiary/aromatic N) is 1. The molecule has 0 aliphatic carbocycles. The highest BCUT2D eigenvalue weighted by molar-refractivity contribution is 5.96. The number of carbonyl (C=O) groups excluding carboxylic acids is 1. The predicted octanol–water partition coefficient (Wildman–Crippen LogP) is 5.79. The predicted molar refractivity (Wildman–Crippen MR) is 110 cm³/mol. The molecule has 4 aromatic rings. The van der Waals surface area contributed by atoms with Crippen LogP contribution < -0.4 is 4.74 Å². The van der Waals surface area contributed by atoms with Crippen LogP contribution in [-0.2, 0) is 4.74 Å². The fourth-order valence-electron chi connectivity index (χ4n) is 3.12. The van der Waals surface area contributed by atoms with Gasteiger partial charge in [0.1, 0.15) is 11.5 Å². The van der Waals surface area contributed by atoms with Crippen molar-refractivity contribution in [2.45, 2.75) is 6.92 Å². The lowest BCUT2D eigenvalue weighted by Crippen LogP contribution is -2.01. The molecule has 3 aromatic carbocycles. The zero-order valence-electron chi connectivity index (χ0n) is 15.7. The summed E-state index contributed by atoms with van der Waals surface area (Å²) in [5.74, 6) is 0.983. The summed E-state index contributed by atoms with van der Waals surface area (Å²) in [6.45, 7) is 1.92. The largest absolute Gasteiger partial charge is 0.465 e. The number of aromatic nitrogens is 1. The molecule has 4 heteroatoms. The Bertz CT molecular complexity index is 1140. The lowest BCUT2D eigenvalue weighted by Gasteiger charge is -2.11. The molecule has 1 heterocycles. The van der Waals surface area contributed by atoms with Gasteiger partial charge in [0, 0.05) is 17.1 Å². The third-order valence-electron chi connectivity index (χ3n) is 4.51. The highest BCUT2D eigenvalue weighted by Crippen LogP contribution is 2.32. The van der Waals surface area contributed by atoms with Crippen LogP contribution in [0.3, 0.4) is 0 Å². The number of carbonyl (C=O) groups is 1. The molecule has 4 nitrogen and oxygen atoms in total. The van der Waals surface area contributed by atoms with Crippen LogP contribution >= 0.6 is 0 Å². The molecule has 0 saturated heterocycles. The second kappa shape index (κ2) is 7.53. The van der Waals surface area contributed by atoms with Crippen molar-refractivity contribution in [3.05, 3.63) is 90.1 Å². The summed E-state index contributed by atoms with van der Waals surface area (Å²) in [5.41, 5.74) is 4.35. The molecular formula is C24H19NO3. The number of methoxy groups -OCH3 is 1. The van der Waals surface area contributed by atoms with Gasteiger partial charge in [-0.05, 0) is 48.4 Å². The van der Waals surface area contributed by atoms with Crippen LogP contribution in [0, 0.1) is 6.92 Å². The Labute approximate surface area is 163 Å². The fraction of sp³-hybridized carbons (Fsp3) is 0.0833. The maximum atomic E-state index is 11.9. The zero-order chi connectivity index (χ0) is 19.5. The van der Waals surface area contributed by atoms with Crippen LogP contribution in [0.15, 0.2) is 78.9 Å². The molecule has 0 saturated carbocycles. The molecule has 0 N–H and O–H groups in total. The first-order chi connectivity index (χ1) is 13.6. The second-order valence-electron chi connectivity index (χ2n) is 6.48. The molecule has 0 fully saturated rings. The Morgan fingerprint density at radius 2 is 1.57 bits per heavy atom. The number of benzene rings is 3. The third-order valence-corrected chi connectivity index (χ3v) is 4.51. The SMILES string of the molecule is COC(=O)c1ccc2nc(C)cc(Oc3ccc(-c4ccccc4)cc3)c2c1. The van der Waals surface area contributed by atoms with E-state index in [2.05, 4.69) is 17.1 Å². The Morgan fingerprint density at radius 3 is 2.29 bits per heavy atom. The molecule has 28 heavy (non-hydrogen) atoms.